The van der Waals surface area contributed by atoms with Crippen LogP contribution in [0, 0.1) is 0 Å². The number of alkyl halides is 3. The van der Waals surface area contributed by atoms with Crippen molar-refractivity contribution in [1.29, 1.82) is 0 Å². The molecule has 22 heavy (non-hydrogen) atoms. The zero-order valence-corrected chi connectivity index (χ0v) is 11.8. The maximum Gasteiger partial charge on any atom is 0.438 e. The lowest BCUT2D eigenvalue weighted by Crippen LogP contribution is -2.57. The van der Waals surface area contributed by atoms with Crippen molar-refractivity contribution in [2.75, 3.05) is 6.61 Å². The van der Waals surface area contributed by atoms with Crippen molar-refractivity contribution in [3.05, 3.63) is 30.3 Å². The van der Waals surface area contributed by atoms with Crippen molar-refractivity contribution in [2.24, 2.45) is 5.10 Å². The van der Waals surface area contributed by atoms with Gasteiger partial charge in [0.1, 0.15) is 5.75 Å². The van der Waals surface area contributed by atoms with Crippen LogP contribution in [0.5, 0.6) is 5.75 Å². The normalized spacial score (nSPS) is 21.7. The minimum Gasteiger partial charge on any atom is -0.484 e. The number of ether oxygens (including phenoxy) is 1. The molecule has 5 nitrogen and oxygen atoms in total. The SMILES string of the molecule is CCC1=NN(C(=O)COc2ccccc2)[C@@](O)(C(F)(F)F)C1. The maximum absolute atomic E-state index is 13.1. The Labute approximate surface area is 125 Å². The number of nitrogens with zero attached hydrogens (tertiary/aromatic N) is 2. The first-order valence-corrected chi connectivity index (χ1v) is 6.64. The highest BCUT2D eigenvalue weighted by Gasteiger charge is 2.62. The minimum absolute atomic E-state index is 0.0781. The quantitative estimate of drug-likeness (QED) is 0.927. The van der Waals surface area contributed by atoms with Crippen LogP contribution in [-0.4, -0.2) is 40.2 Å². The summed E-state index contributed by atoms with van der Waals surface area (Å²) >= 11 is 0. The van der Waals surface area contributed by atoms with Gasteiger partial charge in [-0.25, -0.2) is 0 Å². The molecule has 1 aliphatic rings. The van der Waals surface area contributed by atoms with E-state index in [4.69, 9.17) is 4.74 Å². The van der Waals surface area contributed by atoms with E-state index in [0.717, 1.165) is 0 Å². The van der Waals surface area contributed by atoms with Gasteiger partial charge in [-0.05, 0) is 18.6 Å². The molecule has 0 radical (unpaired) electrons. The number of amides is 1. The first-order valence-electron chi connectivity index (χ1n) is 6.64. The topological polar surface area (TPSA) is 62.1 Å². The van der Waals surface area contributed by atoms with Crippen LogP contribution in [0.2, 0.25) is 0 Å². The van der Waals surface area contributed by atoms with Crippen molar-refractivity contribution >= 4 is 11.6 Å². The zero-order valence-electron chi connectivity index (χ0n) is 11.8. The number of carbonyl (C=O) groups excluding carboxylic acids is 1. The number of hydrogen-bond acceptors (Lipinski definition) is 4. The molecule has 0 aromatic heterocycles. The van der Waals surface area contributed by atoms with Crippen LogP contribution in [0.25, 0.3) is 0 Å². The minimum atomic E-state index is -5.00. The van der Waals surface area contributed by atoms with E-state index in [1.807, 2.05) is 0 Å². The van der Waals surface area contributed by atoms with Crippen molar-refractivity contribution in [1.82, 2.24) is 5.01 Å². The number of aliphatic hydroxyl groups is 1. The summed E-state index contributed by atoms with van der Waals surface area (Å²) < 4.78 is 44.3. The van der Waals surface area contributed by atoms with Crippen LogP contribution >= 0.6 is 0 Å². The molecule has 8 heteroatoms. The second-order valence-corrected chi connectivity index (χ2v) is 4.82. The van der Waals surface area contributed by atoms with Crippen LogP contribution < -0.4 is 4.74 Å². The molecular formula is C14H15F3N2O3. The van der Waals surface area contributed by atoms with Crippen LogP contribution in [0.4, 0.5) is 13.2 Å². The molecule has 0 saturated heterocycles. The third-order valence-electron chi connectivity index (χ3n) is 3.25. The van der Waals surface area contributed by atoms with Crippen molar-refractivity contribution in [3.63, 3.8) is 0 Å². The van der Waals surface area contributed by atoms with E-state index < -0.39 is 30.8 Å². The number of para-hydroxylation sites is 1. The number of carbonyl (C=O) groups is 1. The third kappa shape index (κ3) is 3.06. The molecule has 1 aromatic carbocycles. The Balaban J connectivity index is 2.13. The van der Waals surface area contributed by atoms with E-state index in [-0.39, 0.29) is 17.1 Å². The number of hydrazone groups is 1. The van der Waals surface area contributed by atoms with Gasteiger partial charge >= 0.3 is 6.18 Å². The molecule has 1 heterocycles. The van der Waals surface area contributed by atoms with Gasteiger partial charge in [0.25, 0.3) is 11.6 Å². The van der Waals surface area contributed by atoms with Gasteiger partial charge in [0.05, 0.1) is 0 Å². The molecule has 0 unspecified atom stereocenters. The molecule has 0 saturated carbocycles. The molecule has 1 amide bonds. The highest BCUT2D eigenvalue weighted by Crippen LogP contribution is 2.40. The standard InChI is InChI=1S/C14H15F3N2O3/c1-2-10-8-13(21,14(15,16)17)19(18-10)12(20)9-22-11-6-4-3-5-7-11/h3-7,21H,2,8-9H2,1H3/t13-/m0/s1. The summed E-state index contributed by atoms with van der Waals surface area (Å²) in [7, 11) is 0. The van der Waals surface area contributed by atoms with Gasteiger partial charge in [0.2, 0.25) is 0 Å². The summed E-state index contributed by atoms with van der Waals surface area (Å²) in [6.45, 7) is 0.951. The summed E-state index contributed by atoms with van der Waals surface area (Å²) in [4.78, 5) is 12.0. The van der Waals surface area contributed by atoms with E-state index in [1.54, 1.807) is 37.3 Å². The number of halogens is 3. The van der Waals surface area contributed by atoms with Crippen molar-refractivity contribution in [3.8, 4) is 5.75 Å². The fourth-order valence-corrected chi connectivity index (χ4v) is 2.02. The summed E-state index contributed by atoms with van der Waals surface area (Å²) in [5, 5.41) is 13.5. The predicted molar refractivity (Wildman–Crippen MR) is 72.1 cm³/mol. The van der Waals surface area contributed by atoms with E-state index >= 15 is 0 Å². The first kappa shape index (κ1) is 16.3. The molecular weight excluding hydrogens is 301 g/mol. The van der Waals surface area contributed by atoms with E-state index in [1.165, 1.54) is 0 Å². The van der Waals surface area contributed by atoms with Crippen LogP contribution in [0.1, 0.15) is 19.8 Å². The lowest BCUT2D eigenvalue weighted by molar-refractivity contribution is -0.302. The Hall–Kier alpha value is -2.09. The lowest BCUT2D eigenvalue weighted by Gasteiger charge is -2.32. The largest absolute Gasteiger partial charge is 0.484 e. The van der Waals surface area contributed by atoms with Crippen molar-refractivity contribution in [2.45, 2.75) is 31.7 Å². The predicted octanol–water partition coefficient (Wildman–Crippen LogP) is 2.31. The van der Waals surface area contributed by atoms with Crippen LogP contribution in [0.15, 0.2) is 35.4 Å². The third-order valence-corrected chi connectivity index (χ3v) is 3.25. The van der Waals surface area contributed by atoms with Gasteiger partial charge in [0, 0.05) is 12.1 Å². The van der Waals surface area contributed by atoms with Gasteiger partial charge in [-0.15, -0.1) is 0 Å². The van der Waals surface area contributed by atoms with Crippen LogP contribution in [-0.2, 0) is 4.79 Å². The molecule has 2 rings (SSSR count). The highest BCUT2D eigenvalue weighted by atomic mass is 19.4. The number of benzene rings is 1. The average molecular weight is 316 g/mol. The van der Waals surface area contributed by atoms with Gasteiger partial charge in [-0.1, -0.05) is 25.1 Å². The van der Waals surface area contributed by atoms with E-state index in [2.05, 4.69) is 5.10 Å². The maximum atomic E-state index is 13.1. The summed E-state index contributed by atoms with van der Waals surface area (Å²) in [6.07, 6.45) is -5.54. The molecule has 1 aliphatic heterocycles. The second-order valence-electron chi connectivity index (χ2n) is 4.82. The van der Waals surface area contributed by atoms with Crippen LogP contribution in [0.3, 0.4) is 0 Å². The van der Waals surface area contributed by atoms with Gasteiger partial charge in [-0.3, -0.25) is 4.79 Å². The Kier molecular flexibility index (Phi) is 4.41. The fraction of sp³-hybridized carbons (Fsp3) is 0.429. The monoisotopic (exact) mass is 316 g/mol. The fourth-order valence-electron chi connectivity index (χ4n) is 2.02. The highest BCUT2D eigenvalue weighted by molar-refractivity contribution is 5.90. The summed E-state index contributed by atoms with van der Waals surface area (Å²) in [6, 6.07) is 8.18. The number of rotatable bonds is 4. The molecule has 120 valence electrons. The first-order chi connectivity index (χ1) is 10.3. The summed E-state index contributed by atoms with van der Waals surface area (Å²) in [5.41, 5.74) is -3.21. The molecule has 0 aliphatic carbocycles. The second kappa shape index (κ2) is 5.96. The van der Waals surface area contributed by atoms with E-state index in [0.29, 0.717) is 5.75 Å². The van der Waals surface area contributed by atoms with Gasteiger partial charge < -0.3 is 9.84 Å². The lowest BCUT2D eigenvalue weighted by atomic mass is 10.1. The Morgan fingerprint density at radius 3 is 2.59 bits per heavy atom. The molecule has 1 N–H and O–H groups in total. The Morgan fingerprint density at radius 1 is 1.41 bits per heavy atom. The van der Waals surface area contributed by atoms with Gasteiger partial charge in [0.15, 0.2) is 6.61 Å². The van der Waals surface area contributed by atoms with Crippen molar-refractivity contribution < 1.29 is 27.8 Å². The van der Waals surface area contributed by atoms with Gasteiger partial charge in [-0.2, -0.15) is 23.3 Å². The Bertz CT molecular complexity index is 574. The average Bonchev–Trinajstić information content (AvgIpc) is 2.84. The van der Waals surface area contributed by atoms with E-state index in [9.17, 15) is 23.1 Å². The molecule has 1 atom stereocenters. The smallest absolute Gasteiger partial charge is 0.438 e. The zero-order chi connectivity index (χ0) is 16.4. The molecule has 0 spiro atoms. The Morgan fingerprint density at radius 2 is 2.05 bits per heavy atom. The summed E-state index contributed by atoms with van der Waals surface area (Å²) in [5.74, 6) is -0.725. The molecule has 0 bridgehead atoms. The molecule has 0 fully saturated rings. The molecule has 1 aromatic rings. The number of hydrogen-bond donors (Lipinski definition) is 1.